The molecule has 0 aliphatic carbocycles. The van der Waals surface area contributed by atoms with Crippen molar-refractivity contribution >= 4 is 30.1 Å². The fraction of sp³-hybridized carbons (Fsp3) is 0.433. The Bertz CT molecular complexity index is 1390. The van der Waals surface area contributed by atoms with Crippen molar-refractivity contribution in [2.75, 3.05) is 13.1 Å². The van der Waals surface area contributed by atoms with E-state index in [1.165, 1.54) is 9.80 Å². The van der Waals surface area contributed by atoms with Gasteiger partial charge in [-0.3, -0.25) is 19.4 Å². The Kier molecular flexibility index (Phi) is 9.89. The quantitative estimate of drug-likeness (QED) is 0.330. The molecule has 0 aromatic heterocycles. The summed E-state index contributed by atoms with van der Waals surface area (Å²) in [6.07, 6.45) is -2.52. The summed E-state index contributed by atoms with van der Waals surface area (Å²) in [5, 5.41) is 18.2. The first kappa shape index (κ1) is 31.0. The molecular weight excluding hydrogens is 551 g/mol. The van der Waals surface area contributed by atoms with Crippen LogP contribution in [-0.4, -0.2) is 82.3 Å². The molecule has 1 fully saturated rings. The number of alkyl halides is 3. The number of benzene rings is 2. The number of fused-ring (bicyclic) bond motifs is 1. The lowest BCUT2D eigenvalue weighted by Gasteiger charge is -2.34. The van der Waals surface area contributed by atoms with Crippen LogP contribution in [0.2, 0.25) is 0 Å². The number of amides is 4. The molecule has 4 amide bonds. The van der Waals surface area contributed by atoms with Crippen LogP contribution in [0.1, 0.15) is 31.7 Å². The van der Waals surface area contributed by atoms with Gasteiger partial charge < -0.3 is 21.5 Å². The Morgan fingerprint density at radius 1 is 1.02 bits per heavy atom. The summed E-state index contributed by atoms with van der Waals surface area (Å²) in [5.74, 6) is -1.63. The Labute approximate surface area is 241 Å². The lowest BCUT2D eigenvalue weighted by Crippen LogP contribution is -2.58. The summed E-state index contributed by atoms with van der Waals surface area (Å²) in [6.45, 7) is 1.58. The van der Waals surface area contributed by atoms with Crippen LogP contribution in [0.3, 0.4) is 0 Å². The maximum atomic E-state index is 13.7. The van der Waals surface area contributed by atoms with E-state index >= 15 is 0 Å². The molecule has 5 N–H and O–H groups in total. The minimum absolute atomic E-state index is 0.0742. The van der Waals surface area contributed by atoms with Crippen LogP contribution >= 0.6 is 0 Å². The van der Waals surface area contributed by atoms with Crippen LogP contribution < -0.4 is 26.8 Å². The van der Waals surface area contributed by atoms with E-state index in [1.54, 1.807) is 43.5 Å². The van der Waals surface area contributed by atoms with Gasteiger partial charge in [0, 0.05) is 25.3 Å². The maximum absolute atomic E-state index is 13.7. The monoisotopic (exact) mass is 587 g/mol. The smallest absolute Gasteiger partial charge is 0.390 e. The number of nitrogens with zero attached hydrogens (tertiary/aromatic N) is 2. The summed E-state index contributed by atoms with van der Waals surface area (Å²) in [7, 11) is 0. The molecule has 2 heterocycles. The SMILES string of the molecule is C[C@@H]1CC[C@@H](C(F)(F)F)N1C[C@@H](O)[C@H](Cc1ccccc1)NC(=O)[C@H](CC(N)=O)NC(=O)N1C=c2ccccc2=CC1. The van der Waals surface area contributed by atoms with Gasteiger partial charge in [-0.1, -0.05) is 60.7 Å². The number of likely N-dealkylation sites (tertiary alicyclic amines) is 1. The molecular formula is C30H36F3N5O4. The Balaban J connectivity index is 1.51. The summed E-state index contributed by atoms with van der Waals surface area (Å²) < 4.78 is 41.1. The van der Waals surface area contributed by atoms with Gasteiger partial charge in [-0.15, -0.1) is 0 Å². The minimum atomic E-state index is -4.46. The number of carbonyl (C=O) groups excluding carboxylic acids is 3. The second-order valence-electron chi connectivity index (χ2n) is 10.8. The van der Waals surface area contributed by atoms with Crippen LogP contribution in [0.15, 0.2) is 54.6 Å². The fourth-order valence-electron chi connectivity index (χ4n) is 5.49. The average molecular weight is 588 g/mol. The standard InChI is InChI=1S/C30H36F3N5O4/c1-19-11-12-26(30(31,32)33)38(19)18-25(39)23(15-20-7-3-2-4-8-20)35-28(41)24(16-27(34)40)36-29(42)37-14-13-21-9-5-6-10-22(21)17-37/h2-10,13,17,19,23-26,39H,11-12,14-16,18H2,1H3,(H2,34,40)(H,35,41)(H,36,42)/t19-,23+,24+,25-,26+/m1/s1. The van der Waals surface area contributed by atoms with Gasteiger partial charge in [-0.05, 0) is 42.2 Å². The van der Waals surface area contributed by atoms with Crippen LogP contribution in [-0.2, 0) is 16.0 Å². The minimum Gasteiger partial charge on any atom is -0.390 e. The van der Waals surface area contributed by atoms with E-state index in [9.17, 15) is 32.7 Å². The molecule has 0 radical (unpaired) electrons. The number of nitrogens with two attached hydrogens (primary N) is 1. The van der Waals surface area contributed by atoms with E-state index < -0.39 is 60.7 Å². The number of hydrogen-bond donors (Lipinski definition) is 4. The first-order valence-electron chi connectivity index (χ1n) is 13.9. The topological polar surface area (TPSA) is 128 Å². The van der Waals surface area contributed by atoms with E-state index in [0.29, 0.717) is 6.42 Å². The normalized spacial score (nSPS) is 20.8. The largest absolute Gasteiger partial charge is 0.404 e. The van der Waals surface area contributed by atoms with Gasteiger partial charge in [-0.2, -0.15) is 13.2 Å². The molecule has 5 atom stereocenters. The second kappa shape index (κ2) is 13.4. The van der Waals surface area contributed by atoms with E-state index in [-0.39, 0.29) is 25.9 Å². The number of aliphatic hydroxyl groups excluding tert-OH is 1. The maximum Gasteiger partial charge on any atom is 0.404 e. The number of primary amides is 1. The van der Waals surface area contributed by atoms with Crippen LogP contribution in [0, 0.1) is 0 Å². The molecule has 12 heteroatoms. The summed E-state index contributed by atoms with van der Waals surface area (Å²) >= 11 is 0. The number of aliphatic hydroxyl groups is 1. The van der Waals surface area contributed by atoms with Crippen molar-refractivity contribution in [3.63, 3.8) is 0 Å². The lowest BCUT2D eigenvalue weighted by atomic mass is 9.99. The Hall–Kier alpha value is -3.90. The first-order valence-corrected chi connectivity index (χ1v) is 13.9. The van der Waals surface area contributed by atoms with E-state index in [0.717, 1.165) is 16.0 Å². The third-order valence-corrected chi connectivity index (χ3v) is 7.77. The van der Waals surface area contributed by atoms with Gasteiger partial charge in [0.2, 0.25) is 11.8 Å². The van der Waals surface area contributed by atoms with Gasteiger partial charge in [0.1, 0.15) is 12.1 Å². The van der Waals surface area contributed by atoms with E-state index in [2.05, 4.69) is 10.6 Å². The first-order chi connectivity index (χ1) is 19.9. The van der Waals surface area contributed by atoms with Crippen molar-refractivity contribution in [3.8, 4) is 0 Å². The van der Waals surface area contributed by atoms with Crippen molar-refractivity contribution in [3.05, 3.63) is 70.6 Å². The third-order valence-electron chi connectivity index (χ3n) is 7.77. The average Bonchev–Trinajstić information content (AvgIpc) is 3.32. The highest BCUT2D eigenvalue weighted by Crippen LogP contribution is 2.36. The van der Waals surface area contributed by atoms with Crippen molar-refractivity contribution in [1.82, 2.24) is 20.4 Å². The molecule has 2 aliphatic heterocycles. The molecule has 4 rings (SSSR count). The molecule has 1 saturated heterocycles. The molecule has 0 bridgehead atoms. The zero-order chi connectivity index (χ0) is 30.4. The van der Waals surface area contributed by atoms with Crippen LogP contribution in [0.4, 0.5) is 18.0 Å². The second-order valence-corrected chi connectivity index (χ2v) is 10.8. The number of rotatable bonds is 10. The van der Waals surface area contributed by atoms with Gasteiger partial charge >= 0.3 is 12.2 Å². The van der Waals surface area contributed by atoms with Crippen molar-refractivity contribution < 1.29 is 32.7 Å². The summed E-state index contributed by atoms with van der Waals surface area (Å²) in [6, 6.07) is 11.2. The summed E-state index contributed by atoms with van der Waals surface area (Å²) in [4.78, 5) is 40.9. The molecule has 9 nitrogen and oxygen atoms in total. The van der Waals surface area contributed by atoms with Crippen molar-refractivity contribution in [1.29, 1.82) is 0 Å². The highest BCUT2D eigenvalue weighted by Gasteiger charge is 2.49. The molecule has 42 heavy (non-hydrogen) atoms. The van der Waals surface area contributed by atoms with E-state index in [4.69, 9.17) is 5.73 Å². The zero-order valence-electron chi connectivity index (χ0n) is 23.3. The predicted octanol–water partition coefficient (Wildman–Crippen LogP) is 0.978. The number of hydrogen-bond acceptors (Lipinski definition) is 5. The highest BCUT2D eigenvalue weighted by molar-refractivity contribution is 5.92. The van der Waals surface area contributed by atoms with Crippen LogP contribution in [0.5, 0.6) is 0 Å². The van der Waals surface area contributed by atoms with Gasteiger partial charge in [0.25, 0.3) is 0 Å². The third kappa shape index (κ3) is 7.89. The zero-order valence-corrected chi connectivity index (χ0v) is 23.3. The van der Waals surface area contributed by atoms with Gasteiger partial charge in [0.15, 0.2) is 0 Å². The predicted molar refractivity (Wildman–Crippen MR) is 151 cm³/mol. The number of β-amino-alcohol motifs (C(OH)–C–C–N with tert-alkyl or cyclic N) is 1. The Morgan fingerprint density at radius 2 is 1.69 bits per heavy atom. The fourth-order valence-corrected chi connectivity index (χ4v) is 5.49. The Morgan fingerprint density at radius 3 is 2.36 bits per heavy atom. The summed E-state index contributed by atoms with van der Waals surface area (Å²) in [5.41, 5.74) is 6.12. The van der Waals surface area contributed by atoms with Crippen molar-refractivity contribution in [2.45, 2.75) is 69.1 Å². The number of urea groups is 1. The molecule has 2 aromatic rings. The van der Waals surface area contributed by atoms with Crippen molar-refractivity contribution in [2.24, 2.45) is 5.73 Å². The molecule has 2 aliphatic rings. The highest BCUT2D eigenvalue weighted by atomic mass is 19.4. The molecule has 226 valence electrons. The number of carbonyl (C=O) groups is 3. The van der Waals surface area contributed by atoms with Gasteiger partial charge in [0.05, 0.1) is 18.6 Å². The number of nitrogens with one attached hydrogen (secondary N) is 2. The molecule has 0 saturated carbocycles. The molecule has 0 unspecified atom stereocenters. The van der Waals surface area contributed by atoms with Crippen LogP contribution in [0.25, 0.3) is 12.3 Å². The molecule has 0 spiro atoms. The van der Waals surface area contributed by atoms with E-state index in [1.807, 2.05) is 30.3 Å². The van der Waals surface area contributed by atoms with Gasteiger partial charge in [-0.25, -0.2) is 4.79 Å². The number of halogens is 3. The molecule has 2 aromatic carbocycles. The lowest BCUT2D eigenvalue weighted by molar-refractivity contribution is -0.182.